The SMILES string of the molecule is Nc1sc(S(=O)(=O)NC2CCC2)cc1[N+](=O)[O-]. The van der Waals surface area contributed by atoms with E-state index in [1.807, 2.05) is 0 Å². The summed E-state index contributed by atoms with van der Waals surface area (Å²) in [6.45, 7) is 0. The predicted octanol–water partition coefficient (Wildman–Crippen LogP) is 1.07. The van der Waals surface area contributed by atoms with Crippen LogP contribution in [0, 0.1) is 10.1 Å². The van der Waals surface area contributed by atoms with Crippen LogP contribution < -0.4 is 10.5 Å². The molecule has 1 saturated carbocycles. The van der Waals surface area contributed by atoms with Crippen molar-refractivity contribution in [1.82, 2.24) is 4.72 Å². The molecule has 0 radical (unpaired) electrons. The van der Waals surface area contributed by atoms with E-state index in [0.717, 1.165) is 25.3 Å². The van der Waals surface area contributed by atoms with E-state index >= 15 is 0 Å². The number of anilines is 1. The molecule has 0 aliphatic heterocycles. The lowest BCUT2D eigenvalue weighted by Crippen LogP contribution is -2.39. The predicted molar refractivity (Wildman–Crippen MR) is 63.3 cm³/mol. The molecule has 1 fully saturated rings. The van der Waals surface area contributed by atoms with Gasteiger partial charge in [0.2, 0.25) is 0 Å². The number of rotatable bonds is 4. The lowest BCUT2D eigenvalue weighted by Gasteiger charge is -2.25. The van der Waals surface area contributed by atoms with Crippen molar-refractivity contribution in [3.8, 4) is 0 Å². The molecule has 3 N–H and O–H groups in total. The quantitative estimate of drug-likeness (QED) is 0.631. The summed E-state index contributed by atoms with van der Waals surface area (Å²) < 4.78 is 26.1. The third-order valence-electron chi connectivity index (χ3n) is 2.61. The van der Waals surface area contributed by atoms with Crippen LogP contribution in [0.1, 0.15) is 19.3 Å². The van der Waals surface area contributed by atoms with E-state index in [4.69, 9.17) is 5.73 Å². The third kappa shape index (κ3) is 2.40. The summed E-state index contributed by atoms with van der Waals surface area (Å²) in [5.41, 5.74) is 5.04. The van der Waals surface area contributed by atoms with Crippen molar-refractivity contribution in [3.05, 3.63) is 16.2 Å². The number of nitrogen functional groups attached to an aromatic ring is 1. The van der Waals surface area contributed by atoms with Gasteiger partial charge in [0.05, 0.1) is 4.92 Å². The molecule has 1 aliphatic carbocycles. The van der Waals surface area contributed by atoms with Crippen molar-refractivity contribution >= 4 is 32.0 Å². The van der Waals surface area contributed by atoms with Gasteiger partial charge < -0.3 is 5.73 Å². The zero-order chi connectivity index (χ0) is 12.6. The zero-order valence-electron chi connectivity index (χ0n) is 8.75. The first-order valence-electron chi connectivity index (χ1n) is 4.96. The molecule has 1 aromatic rings. The van der Waals surface area contributed by atoms with E-state index in [9.17, 15) is 18.5 Å². The molecule has 0 saturated heterocycles. The van der Waals surface area contributed by atoms with Gasteiger partial charge in [0.25, 0.3) is 10.0 Å². The highest BCUT2D eigenvalue weighted by molar-refractivity contribution is 7.91. The molecule has 17 heavy (non-hydrogen) atoms. The summed E-state index contributed by atoms with van der Waals surface area (Å²) >= 11 is 0.712. The van der Waals surface area contributed by atoms with Gasteiger partial charge in [-0.05, 0) is 12.8 Å². The molecular formula is C8H11N3O4S2. The number of nitrogens with two attached hydrogens (primary N) is 1. The van der Waals surface area contributed by atoms with Crippen LogP contribution >= 0.6 is 11.3 Å². The fourth-order valence-corrected chi connectivity index (χ4v) is 3.99. The molecule has 0 aromatic carbocycles. The Morgan fingerprint density at radius 3 is 2.59 bits per heavy atom. The van der Waals surface area contributed by atoms with Crippen LogP contribution in [0.4, 0.5) is 10.7 Å². The molecule has 0 unspecified atom stereocenters. The summed E-state index contributed by atoms with van der Waals surface area (Å²) in [5, 5.41) is 10.5. The van der Waals surface area contributed by atoms with Gasteiger partial charge in [0.1, 0.15) is 4.21 Å². The van der Waals surface area contributed by atoms with Gasteiger partial charge in [0, 0.05) is 12.1 Å². The van der Waals surface area contributed by atoms with Crippen molar-refractivity contribution < 1.29 is 13.3 Å². The molecule has 9 heteroatoms. The second-order valence-corrected chi connectivity index (χ2v) is 6.85. The van der Waals surface area contributed by atoms with Gasteiger partial charge in [-0.1, -0.05) is 17.8 Å². The Morgan fingerprint density at radius 1 is 1.53 bits per heavy atom. The molecule has 1 heterocycles. The van der Waals surface area contributed by atoms with Gasteiger partial charge >= 0.3 is 5.69 Å². The van der Waals surface area contributed by atoms with Crippen molar-refractivity contribution in [1.29, 1.82) is 0 Å². The number of thiophene rings is 1. The van der Waals surface area contributed by atoms with Crippen molar-refractivity contribution in [2.45, 2.75) is 29.5 Å². The highest BCUT2D eigenvalue weighted by Gasteiger charge is 2.29. The fourth-order valence-electron chi connectivity index (χ4n) is 1.45. The lowest BCUT2D eigenvalue weighted by molar-refractivity contribution is -0.383. The Morgan fingerprint density at radius 2 is 2.18 bits per heavy atom. The molecule has 1 aliphatic rings. The van der Waals surface area contributed by atoms with Gasteiger partial charge in [0.15, 0.2) is 5.00 Å². The minimum atomic E-state index is -3.67. The van der Waals surface area contributed by atoms with E-state index in [0.29, 0.717) is 11.3 Å². The molecule has 2 rings (SSSR count). The van der Waals surface area contributed by atoms with Crippen molar-refractivity contribution in [2.24, 2.45) is 0 Å². The Bertz CT molecular complexity index is 547. The molecule has 7 nitrogen and oxygen atoms in total. The maximum absolute atomic E-state index is 11.8. The van der Waals surface area contributed by atoms with Crippen LogP contribution in [0.2, 0.25) is 0 Å². The fraction of sp³-hybridized carbons (Fsp3) is 0.500. The van der Waals surface area contributed by atoms with Crippen LogP contribution in [-0.4, -0.2) is 19.4 Å². The average molecular weight is 277 g/mol. The number of sulfonamides is 1. The third-order valence-corrected chi connectivity index (χ3v) is 5.55. The highest BCUT2D eigenvalue weighted by atomic mass is 32.2. The van der Waals surface area contributed by atoms with Gasteiger partial charge in [-0.3, -0.25) is 10.1 Å². The van der Waals surface area contributed by atoms with Crippen LogP contribution in [0.5, 0.6) is 0 Å². The lowest BCUT2D eigenvalue weighted by atomic mass is 9.94. The van der Waals surface area contributed by atoms with Crippen LogP contribution in [-0.2, 0) is 10.0 Å². The molecule has 0 atom stereocenters. The molecule has 94 valence electrons. The Kier molecular flexibility index (Phi) is 3.06. The topological polar surface area (TPSA) is 115 Å². The van der Waals surface area contributed by atoms with E-state index in [1.54, 1.807) is 0 Å². The van der Waals surface area contributed by atoms with Gasteiger partial charge in [-0.25, -0.2) is 13.1 Å². The highest BCUT2D eigenvalue weighted by Crippen LogP contribution is 2.34. The summed E-state index contributed by atoms with van der Waals surface area (Å²) in [5.74, 6) is 0. The average Bonchev–Trinajstić information content (AvgIpc) is 2.55. The number of nitro groups is 1. The van der Waals surface area contributed by atoms with E-state index < -0.39 is 14.9 Å². The minimum absolute atomic E-state index is 0.0534. The molecule has 0 spiro atoms. The second-order valence-electron chi connectivity index (χ2n) is 3.82. The molecule has 0 amide bonds. The van der Waals surface area contributed by atoms with Crippen molar-refractivity contribution in [2.75, 3.05) is 5.73 Å². The van der Waals surface area contributed by atoms with Gasteiger partial charge in [-0.15, -0.1) is 0 Å². The van der Waals surface area contributed by atoms with E-state index in [1.165, 1.54) is 0 Å². The second kappa shape index (κ2) is 4.24. The smallest absolute Gasteiger partial charge is 0.304 e. The first-order chi connectivity index (χ1) is 7.90. The zero-order valence-corrected chi connectivity index (χ0v) is 10.4. The largest absolute Gasteiger partial charge is 0.385 e. The number of hydrogen-bond donors (Lipinski definition) is 2. The van der Waals surface area contributed by atoms with E-state index in [-0.39, 0.29) is 20.9 Å². The standard InChI is InChI=1S/C8H11N3O4S2/c9-8-6(11(12)13)4-7(16-8)17(14,15)10-5-2-1-3-5/h4-5,10H,1-3,9H2. The number of hydrogen-bond acceptors (Lipinski definition) is 6. The van der Waals surface area contributed by atoms with Crippen LogP contribution in [0.15, 0.2) is 10.3 Å². The van der Waals surface area contributed by atoms with Crippen molar-refractivity contribution in [3.63, 3.8) is 0 Å². The molecular weight excluding hydrogens is 266 g/mol. The number of nitrogens with zero attached hydrogens (tertiary/aromatic N) is 1. The maximum atomic E-state index is 11.8. The Balaban J connectivity index is 2.26. The first-order valence-corrected chi connectivity index (χ1v) is 7.26. The normalized spacial score (nSPS) is 16.7. The summed E-state index contributed by atoms with van der Waals surface area (Å²) in [6, 6.07) is 0.948. The summed E-state index contributed by atoms with van der Waals surface area (Å²) in [7, 11) is -3.67. The summed E-state index contributed by atoms with van der Waals surface area (Å²) in [4.78, 5) is 9.88. The van der Waals surface area contributed by atoms with Crippen LogP contribution in [0.3, 0.4) is 0 Å². The minimum Gasteiger partial charge on any atom is -0.385 e. The van der Waals surface area contributed by atoms with E-state index in [2.05, 4.69) is 4.72 Å². The number of nitrogens with one attached hydrogen (secondary N) is 1. The molecule has 1 aromatic heterocycles. The Labute approximate surface area is 102 Å². The molecule has 0 bridgehead atoms. The van der Waals surface area contributed by atoms with Crippen LogP contribution in [0.25, 0.3) is 0 Å². The maximum Gasteiger partial charge on any atom is 0.304 e. The Hall–Kier alpha value is -1.19. The monoisotopic (exact) mass is 277 g/mol. The van der Waals surface area contributed by atoms with Gasteiger partial charge in [-0.2, -0.15) is 0 Å². The first kappa shape index (κ1) is 12.3. The summed E-state index contributed by atoms with van der Waals surface area (Å²) in [6.07, 6.45) is 2.62.